The molecule has 1 amide bonds. The zero-order valence-electron chi connectivity index (χ0n) is 14.8. The molecule has 1 aliphatic heterocycles. The molecule has 1 atom stereocenters. The van der Waals surface area contributed by atoms with Crippen molar-refractivity contribution >= 4 is 38.9 Å². The summed E-state index contributed by atoms with van der Waals surface area (Å²) in [4.78, 5) is 14.2. The summed E-state index contributed by atoms with van der Waals surface area (Å²) < 4.78 is 43.3. The highest BCUT2D eigenvalue weighted by atomic mass is 35.5. The van der Waals surface area contributed by atoms with Gasteiger partial charge in [-0.3, -0.25) is 4.79 Å². The highest BCUT2D eigenvalue weighted by molar-refractivity contribution is 7.91. The number of benzene rings is 2. The molecule has 1 aliphatic rings. The quantitative estimate of drug-likeness (QED) is 0.679. The number of nitrogens with zero attached hydrogens (tertiary/aromatic N) is 1. The lowest BCUT2D eigenvalue weighted by atomic mass is 10.1. The van der Waals surface area contributed by atoms with E-state index in [0.717, 1.165) is 0 Å². The molecule has 0 bridgehead atoms. The van der Waals surface area contributed by atoms with Crippen LogP contribution in [0.15, 0.2) is 42.5 Å². The molecule has 0 saturated carbocycles. The van der Waals surface area contributed by atoms with E-state index in [2.05, 4.69) is 0 Å². The fraction of sp³-hybridized carbons (Fsp3) is 0.316. The van der Waals surface area contributed by atoms with Crippen molar-refractivity contribution in [3.8, 4) is 5.75 Å². The van der Waals surface area contributed by atoms with Crippen LogP contribution in [-0.2, 0) is 21.2 Å². The van der Waals surface area contributed by atoms with Gasteiger partial charge in [-0.05, 0) is 30.7 Å². The van der Waals surface area contributed by atoms with Crippen molar-refractivity contribution in [3.63, 3.8) is 0 Å². The van der Waals surface area contributed by atoms with Crippen molar-refractivity contribution < 1.29 is 22.3 Å². The van der Waals surface area contributed by atoms with Gasteiger partial charge in [0.25, 0.3) is 5.91 Å². The monoisotopic (exact) mass is 445 g/mol. The van der Waals surface area contributed by atoms with Crippen molar-refractivity contribution in [3.05, 3.63) is 63.9 Å². The van der Waals surface area contributed by atoms with Gasteiger partial charge >= 0.3 is 0 Å². The second-order valence-electron chi connectivity index (χ2n) is 6.53. The Bertz CT molecular complexity index is 984. The van der Waals surface area contributed by atoms with Gasteiger partial charge in [-0.25, -0.2) is 12.8 Å². The Morgan fingerprint density at radius 3 is 2.61 bits per heavy atom. The summed E-state index contributed by atoms with van der Waals surface area (Å²) >= 11 is 11.9. The van der Waals surface area contributed by atoms with Gasteiger partial charge in [0.2, 0.25) is 0 Å². The molecular weight excluding hydrogens is 428 g/mol. The molecule has 0 spiro atoms. The van der Waals surface area contributed by atoms with Crippen LogP contribution in [0, 0.1) is 5.82 Å². The zero-order chi connectivity index (χ0) is 20.3. The standard InChI is InChI=1S/C19H18Cl2FNO4S/c20-14-5-6-18(16(21)9-14)27-11-19(24)23(15-7-8-28(25,26)12-15)10-13-3-1-2-4-17(13)22/h1-6,9,15H,7-8,10-12H2. The van der Waals surface area contributed by atoms with E-state index in [1.54, 1.807) is 30.3 Å². The Labute approximate surface area is 172 Å². The predicted octanol–water partition coefficient (Wildman–Crippen LogP) is 3.73. The van der Waals surface area contributed by atoms with Gasteiger partial charge < -0.3 is 9.64 Å². The van der Waals surface area contributed by atoms with Crippen molar-refractivity contribution in [2.75, 3.05) is 18.1 Å². The van der Waals surface area contributed by atoms with Gasteiger partial charge in [0.15, 0.2) is 16.4 Å². The maximum absolute atomic E-state index is 14.1. The summed E-state index contributed by atoms with van der Waals surface area (Å²) in [7, 11) is -3.22. The largest absolute Gasteiger partial charge is 0.482 e. The smallest absolute Gasteiger partial charge is 0.261 e. The SMILES string of the molecule is O=C(COc1ccc(Cl)cc1Cl)N(Cc1ccccc1F)C1CCS(=O)(=O)C1. The number of ether oxygens (including phenoxy) is 1. The van der Waals surface area contributed by atoms with Gasteiger partial charge in [-0.1, -0.05) is 41.4 Å². The molecule has 9 heteroatoms. The fourth-order valence-corrected chi connectivity index (χ4v) is 5.26. The molecule has 0 aromatic heterocycles. The predicted molar refractivity (Wildman–Crippen MR) is 106 cm³/mol. The Morgan fingerprint density at radius 1 is 1.21 bits per heavy atom. The Balaban J connectivity index is 1.77. The summed E-state index contributed by atoms with van der Waals surface area (Å²) in [6.45, 7) is -0.393. The van der Waals surface area contributed by atoms with E-state index < -0.39 is 27.6 Å². The molecule has 2 aromatic rings. The Morgan fingerprint density at radius 2 is 1.96 bits per heavy atom. The second kappa shape index (κ2) is 8.68. The van der Waals surface area contributed by atoms with Crippen LogP contribution < -0.4 is 4.74 Å². The molecule has 1 unspecified atom stereocenters. The highest BCUT2D eigenvalue weighted by Crippen LogP contribution is 2.28. The van der Waals surface area contributed by atoms with Crippen LogP contribution in [0.2, 0.25) is 10.0 Å². The number of amides is 1. The first-order valence-electron chi connectivity index (χ1n) is 8.56. The third-order valence-electron chi connectivity index (χ3n) is 4.51. The number of sulfone groups is 1. The molecule has 0 radical (unpaired) electrons. The maximum atomic E-state index is 14.1. The summed E-state index contributed by atoms with van der Waals surface area (Å²) in [5.41, 5.74) is 0.310. The molecule has 150 valence electrons. The van der Waals surface area contributed by atoms with E-state index in [-0.39, 0.29) is 35.4 Å². The van der Waals surface area contributed by atoms with E-state index in [1.165, 1.54) is 17.0 Å². The lowest BCUT2D eigenvalue weighted by molar-refractivity contribution is -0.136. The van der Waals surface area contributed by atoms with Gasteiger partial charge in [0, 0.05) is 23.2 Å². The molecule has 3 rings (SSSR count). The number of hydrogen-bond acceptors (Lipinski definition) is 4. The minimum Gasteiger partial charge on any atom is -0.482 e. The van der Waals surface area contributed by atoms with Crippen molar-refractivity contribution in [1.29, 1.82) is 0 Å². The van der Waals surface area contributed by atoms with Gasteiger partial charge in [-0.2, -0.15) is 0 Å². The molecular formula is C19H18Cl2FNO4S. The van der Waals surface area contributed by atoms with E-state index in [9.17, 15) is 17.6 Å². The molecule has 1 heterocycles. The third-order valence-corrected chi connectivity index (χ3v) is 6.79. The van der Waals surface area contributed by atoms with E-state index in [4.69, 9.17) is 27.9 Å². The molecule has 28 heavy (non-hydrogen) atoms. The molecule has 2 aromatic carbocycles. The van der Waals surface area contributed by atoms with Crippen LogP contribution in [0.4, 0.5) is 4.39 Å². The van der Waals surface area contributed by atoms with Crippen molar-refractivity contribution in [2.45, 2.75) is 19.0 Å². The van der Waals surface area contributed by atoms with E-state index >= 15 is 0 Å². The summed E-state index contributed by atoms with van der Waals surface area (Å²) in [5.74, 6) is -0.763. The Kier molecular flexibility index (Phi) is 6.47. The van der Waals surface area contributed by atoms with Crippen LogP contribution in [0.5, 0.6) is 5.75 Å². The molecule has 0 aliphatic carbocycles. The normalized spacial score (nSPS) is 18.0. The van der Waals surface area contributed by atoms with Gasteiger partial charge in [-0.15, -0.1) is 0 Å². The number of rotatable bonds is 6. The van der Waals surface area contributed by atoms with Crippen LogP contribution in [0.1, 0.15) is 12.0 Å². The van der Waals surface area contributed by atoms with E-state index in [1.807, 2.05) is 0 Å². The van der Waals surface area contributed by atoms with Crippen LogP contribution in [0.25, 0.3) is 0 Å². The first-order valence-corrected chi connectivity index (χ1v) is 11.1. The molecule has 5 nitrogen and oxygen atoms in total. The molecule has 1 fully saturated rings. The van der Waals surface area contributed by atoms with E-state index in [0.29, 0.717) is 17.0 Å². The first-order chi connectivity index (χ1) is 13.2. The third kappa shape index (κ3) is 5.16. The highest BCUT2D eigenvalue weighted by Gasteiger charge is 2.35. The summed E-state index contributed by atoms with van der Waals surface area (Å²) in [6, 6.07) is 10.2. The van der Waals surface area contributed by atoms with Crippen molar-refractivity contribution in [1.82, 2.24) is 4.90 Å². The summed E-state index contributed by atoms with van der Waals surface area (Å²) in [5, 5.41) is 0.686. The lowest BCUT2D eigenvalue weighted by Gasteiger charge is -2.28. The lowest BCUT2D eigenvalue weighted by Crippen LogP contribution is -2.43. The molecule has 1 saturated heterocycles. The van der Waals surface area contributed by atoms with Crippen LogP contribution in [0.3, 0.4) is 0 Å². The molecule has 0 N–H and O–H groups in total. The topological polar surface area (TPSA) is 63.7 Å². The van der Waals surface area contributed by atoms with Gasteiger partial charge in [0.1, 0.15) is 11.6 Å². The number of carbonyl (C=O) groups is 1. The van der Waals surface area contributed by atoms with Gasteiger partial charge in [0.05, 0.1) is 16.5 Å². The van der Waals surface area contributed by atoms with Crippen LogP contribution in [-0.4, -0.2) is 43.4 Å². The average molecular weight is 446 g/mol. The number of carbonyl (C=O) groups excluding carboxylic acids is 1. The first kappa shape index (κ1) is 20.9. The minimum atomic E-state index is -3.22. The fourth-order valence-electron chi connectivity index (χ4n) is 3.07. The van der Waals surface area contributed by atoms with Crippen LogP contribution >= 0.6 is 23.2 Å². The number of halogens is 3. The van der Waals surface area contributed by atoms with Crippen molar-refractivity contribution in [2.24, 2.45) is 0 Å². The zero-order valence-corrected chi connectivity index (χ0v) is 17.1. The maximum Gasteiger partial charge on any atom is 0.261 e. The Hall–Kier alpha value is -1.83. The number of hydrogen-bond donors (Lipinski definition) is 0. The minimum absolute atomic E-state index is 0.00257. The summed E-state index contributed by atoms with van der Waals surface area (Å²) in [6.07, 6.45) is 0.310. The second-order valence-corrected chi connectivity index (χ2v) is 9.61. The average Bonchev–Trinajstić information content (AvgIpc) is 2.99.